The first kappa shape index (κ1) is 15.0. The molecule has 2 fully saturated rings. The molecule has 118 valence electrons. The maximum atomic E-state index is 5.99. The van der Waals surface area contributed by atoms with E-state index >= 15 is 0 Å². The third-order valence-electron chi connectivity index (χ3n) is 4.95. The molecule has 0 amide bonds. The van der Waals surface area contributed by atoms with Crippen LogP contribution in [0.3, 0.4) is 0 Å². The number of rotatable bonds is 6. The average Bonchev–Trinajstić information content (AvgIpc) is 3.02. The predicted octanol–water partition coefficient (Wildman–Crippen LogP) is 3.09. The van der Waals surface area contributed by atoms with Crippen LogP contribution < -0.4 is 5.32 Å². The Morgan fingerprint density at radius 1 is 1.14 bits per heavy atom. The van der Waals surface area contributed by atoms with E-state index in [4.69, 9.17) is 4.74 Å². The summed E-state index contributed by atoms with van der Waals surface area (Å²) >= 11 is 0. The fourth-order valence-corrected chi connectivity index (χ4v) is 3.70. The molecule has 1 aliphatic heterocycles. The van der Waals surface area contributed by atoms with E-state index in [1.165, 1.54) is 50.6 Å². The molecule has 0 unspecified atom stereocenters. The average molecular weight is 291 g/mol. The van der Waals surface area contributed by atoms with Crippen molar-refractivity contribution in [3.63, 3.8) is 0 Å². The SMILES string of the molecule is c1ncn(CCCOC2CCNCC2)c1C1CCCCC1. The number of piperidine rings is 1. The Hall–Kier alpha value is -0.870. The Morgan fingerprint density at radius 3 is 2.76 bits per heavy atom. The molecule has 1 aromatic heterocycles. The van der Waals surface area contributed by atoms with Crippen LogP contribution in [0.5, 0.6) is 0 Å². The van der Waals surface area contributed by atoms with Gasteiger partial charge in [0.1, 0.15) is 0 Å². The third kappa shape index (κ3) is 4.30. The summed E-state index contributed by atoms with van der Waals surface area (Å²) in [5.41, 5.74) is 1.46. The molecule has 2 aliphatic rings. The predicted molar refractivity (Wildman–Crippen MR) is 84.5 cm³/mol. The second-order valence-corrected chi connectivity index (χ2v) is 6.52. The molecule has 1 aliphatic carbocycles. The number of aromatic nitrogens is 2. The van der Waals surface area contributed by atoms with Gasteiger partial charge in [0.05, 0.1) is 12.4 Å². The maximum Gasteiger partial charge on any atom is 0.0948 e. The van der Waals surface area contributed by atoms with E-state index in [1.807, 2.05) is 6.33 Å². The molecule has 3 rings (SSSR count). The van der Waals surface area contributed by atoms with E-state index in [-0.39, 0.29) is 0 Å². The van der Waals surface area contributed by atoms with Crippen LogP contribution >= 0.6 is 0 Å². The number of imidazole rings is 1. The zero-order valence-corrected chi connectivity index (χ0v) is 13.1. The van der Waals surface area contributed by atoms with Gasteiger partial charge >= 0.3 is 0 Å². The van der Waals surface area contributed by atoms with E-state index in [0.717, 1.165) is 38.6 Å². The highest BCUT2D eigenvalue weighted by Crippen LogP contribution is 2.32. The molecule has 1 saturated carbocycles. The molecular formula is C17H29N3O. The van der Waals surface area contributed by atoms with Crippen molar-refractivity contribution >= 4 is 0 Å². The Morgan fingerprint density at radius 2 is 1.95 bits per heavy atom. The summed E-state index contributed by atoms with van der Waals surface area (Å²) in [5, 5.41) is 3.38. The number of aryl methyl sites for hydroxylation is 1. The number of hydrogen-bond donors (Lipinski definition) is 1. The van der Waals surface area contributed by atoms with Crippen LogP contribution in [0.2, 0.25) is 0 Å². The monoisotopic (exact) mass is 291 g/mol. The van der Waals surface area contributed by atoms with Gasteiger partial charge in [-0.05, 0) is 45.2 Å². The Balaban J connectivity index is 1.41. The second-order valence-electron chi connectivity index (χ2n) is 6.52. The van der Waals surface area contributed by atoms with E-state index in [0.29, 0.717) is 6.10 Å². The maximum absolute atomic E-state index is 5.99. The van der Waals surface area contributed by atoms with Crippen LogP contribution in [0.1, 0.15) is 63.0 Å². The van der Waals surface area contributed by atoms with Gasteiger partial charge in [0, 0.05) is 31.0 Å². The lowest BCUT2D eigenvalue weighted by molar-refractivity contribution is 0.0300. The molecule has 4 heteroatoms. The van der Waals surface area contributed by atoms with E-state index < -0.39 is 0 Å². The molecule has 0 bridgehead atoms. The largest absolute Gasteiger partial charge is 0.378 e. The molecule has 1 N–H and O–H groups in total. The molecular weight excluding hydrogens is 262 g/mol. The van der Waals surface area contributed by atoms with Crippen molar-refractivity contribution in [3.05, 3.63) is 18.2 Å². The minimum Gasteiger partial charge on any atom is -0.378 e. The van der Waals surface area contributed by atoms with E-state index in [2.05, 4.69) is 21.1 Å². The quantitative estimate of drug-likeness (QED) is 0.819. The Bertz CT molecular complexity index is 406. The first-order chi connectivity index (χ1) is 10.4. The standard InChI is InChI=1S/C17H29N3O/c1-2-5-15(6-3-1)17-13-19-14-20(17)11-4-12-21-16-7-9-18-10-8-16/h13-16,18H,1-12H2. The third-order valence-corrected chi connectivity index (χ3v) is 4.95. The summed E-state index contributed by atoms with van der Waals surface area (Å²) in [6.07, 6.45) is 14.9. The topological polar surface area (TPSA) is 39.1 Å². The lowest BCUT2D eigenvalue weighted by Crippen LogP contribution is -2.32. The number of nitrogens with one attached hydrogen (secondary N) is 1. The van der Waals surface area contributed by atoms with Crippen molar-refractivity contribution in [2.75, 3.05) is 19.7 Å². The van der Waals surface area contributed by atoms with Gasteiger partial charge in [-0.2, -0.15) is 0 Å². The number of hydrogen-bond acceptors (Lipinski definition) is 3. The highest BCUT2D eigenvalue weighted by molar-refractivity contribution is 5.07. The Kier molecular flexibility index (Phi) is 5.69. The molecule has 0 radical (unpaired) electrons. The van der Waals surface area contributed by atoms with Gasteiger partial charge in [0.25, 0.3) is 0 Å². The minimum absolute atomic E-state index is 0.479. The van der Waals surface area contributed by atoms with E-state index in [1.54, 1.807) is 0 Å². The smallest absolute Gasteiger partial charge is 0.0948 e. The Labute approximate surface area is 128 Å². The summed E-state index contributed by atoms with van der Waals surface area (Å²) in [5.74, 6) is 0.742. The van der Waals surface area contributed by atoms with Crippen molar-refractivity contribution < 1.29 is 4.74 Å². The van der Waals surface area contributed by atoms with Gasteiger partial charge in [-0.1, -0.05) is 19.3 Å². The van der Waals surface area contributed by atoms with Gasteiger partial charge in [0.15, 0.2) is 0 Å². The summed E-state index contributed by atoms with van der Waals surface area (Å²) in [6.45, 7) is 4.15. The van der Waals surface area contributed by atoms with Crippen molar-refractivity contribution in [1.29, 1.82) is 0 Å². The normalized spacial score (nSPS) is 21.7. The van der Waals surface area contributed by atoms with Crippen LogP contribution in [0.25, 0.3) is 0 Å². The number of ether oxygens (including phenoxy) is 1. The molecule has 0 aromatic carbocycles. The number of nitrogens with zero attached hydrogens (tertiary/aromatic N) is 2. The van der Waals surface area contributed by atoms with Crippen molar-refractivity contribution in [1.82, 2.24) is 14.9 Å². The van der Waals surface area contributed by atoms with Crippen LogP contribution in [-0.2, 0) is 11.3 Å². The van der Waals surface area contributed by atoms with Gasteiger partial charge in [0.2, 0.25) is 0 Å². The van der Waals surface area contributed by atoms with Crippen LogP contribution in [-0.4, -0.2) is 35.4 Å². The van der Waals surface area contributed by atoms with Gasteiger partial charge in [-0.15, -0.1) is 0 Å². The lowest BCUT2D eigenvalue weighted by Gasteiger charge is -2.24. The molecule has 0 spiro atoms. The van der Waals surface area contributed by atoms with Gasteiger partial charge < -0.3 is 14.6 Å². The molecule has 21 heavy (non-hydrogen) atoms. The van der Waals surface area contributed by atoms with Crippen LogP contribution in [0, 0.1) is 0 Å². The summed E-state index contributed by atoms with van der Waals surface area (Å²) < 4.78 is 8.36. The fourth-order valence-electron chi connectivity index (χ4n) is 3.70. The van der Waals surface area contributed by atoms with Crippen molar-refractivity contribution in [2.45, 2.75) is 69.9 Å². The first-order valence-electron chi connectivity index (χ1n) is 8.76. The fraction of sp³-hybridized carbons (Fsp3) is 0.824. The van der Waals surface area contributed by atoms with Crippen LogP contribution in [0.15, 0.2) is 12.5 Å². The zero-order chi connectivity index (χ0) is 14.3. The zero-order valence-electron chi connectivity index (χ0n) is 13.1. The second kappa shape index (κ2) is 7.95. The van der Waals surface area contributed by atoms with Gasteiger partial charge in [-0.25, -0.2) is 4.98 Å². The van der Waals surface area contributed by atoms with E-state index in [9.17, 15) is 0 Å². The minimum atomic E-state index is 0.479. The summed E-state index contributed by atoms with van der Waals surface area (Å²) in [6, 6.07) is 0. The lowest BCUT2D eigenvalue weighted by atomic mass is 9.87. The highest BCUT2D eigenvalue weighted by Gasteiger charge is 2.19. The van der Waals surface area contributed by atoms with Gasteiger partial charge in [-0.3, -0.25) is 0 Å². The first-order valence-corrected chi connectivity index (χ1v) is 8.76. The van der Waals surface area contributed by atoms with Crippen molar-refractivity contribution in [2.24, 2.45) is 0 Å². The molecule has 2 heterocycles. The highest BCUT2D eigenvalue weighted by atomic mass is 16.5. The van der Waals surface area contributed by atoms with Crippen molar-refractivity contribution in [3.8, 4) is 0 Å². The molecule has 1 saturated heterocycles. The molecule has 1 aromatic rings. The molecule has 0 atom stereocenters. The molecule has 4 nitrogen and oxygen atoms in total. The summed E-state index contributed by atoms with van der Waals surface area (Å²) in [7, 11) is 0. The van der Waals surface area contributed by atoms with Crippen LogP contribution in [0.4, 0.5) is 0 Å². The summed E-state index contributed by atoms with van der Waals surface area (Å²) in [4.78, 5) is 4.38.